The van der Waals surface area contributed by atoms with Gasteiger partial charge in [-0.05, 0) is 35.4 Å². The van der Waals surface area contributed by atoms with Gasteiger partial charge in [-0.3, -0.25) is 9.78 Å². The molecule has 1 N–H and O–H groups in total. The molecule has 0 unspecified atom stereocenters. The Balaban J connectivity index is 1.34. The number of fused-ring (bicyclic) bond motifs is 2. The maximum absolute atomic E-state index is 11.7. The van der Waals surface area contributed by atoms with Crippen molar-refractivity contribution in [1.29, 1.82) is 0 Å². The van der Waals surface area contributed by atoms with Crippen LogP contribution in [0.25, 0.3) is 38.8 Å². The van der Waals surface area contributed by atoms with Crippen molar-refractivity contribution in [2.45, 2.75) is 0 Å². The lowest BCUT2D eigenvalue weighted by molar-refractivity contribution is -0.120. The minimum atomic E-state index is 0.0615. The number of pyridine rings is 1. The predicted molar refractivity (Wildman–Crippen MR) is 124 cm³/mol. The summed E-state index contributed by atoms with van der Waals surface area (Å²) in [5.74, 6) is 0.0615. The summed E-state index contributed by atoms with van der Waals surface area (Å²) in [4.78, 5) is 22.9. The molecule has 5 aromatic rings. The van der Waals surface area contributed by atoms with Crippen LogP contribution in [0, 0.1) is 0 Å². The van der Waals surface area contributed by atoms with Crippen molar-refractivity contribution in [2.75, 3.05) is 24.5 Å². The summed E-state index contributed by atoms with van der Waals surface area (Å²) in [7, 11) is 0. The van der Waals surface area contributed by atoms with Gasteiger partial charge in [0.2, 0.25) is 5.91 Å². The number of nitrogens with one attached hydrogen (secondary N) is 1. The van der Waals surface area contributed by atoms with Gasteiger partial charge in [0.05, 0.1) is 18.3 Å². The quantitative estimate of drug-likeness (QED) is 0.483. The topological polar surface area (TPSA) is 75.4 Å². The molecular weight excluding hydrogens is 400 g/mol. The third-order valence-corrected chi connectivity index (χ3v) is 5.90. The fourth-order valence-electron chi connectivity index (χ4n) is 4.27. The van der Waals surface area contributed by atoms with E-state index in [0.717, 1.165) is 51.0 Å². The molecule has 0 aliphatic carbocycles. The van der Waals surface area contributed by atoms with Gasteiger partial charge in [0.15, 0.2) is 5.65 Å². The van der Waals surface area contributed by atoms with Crippen LogP contribution in [0.3, 0.4) is 0 Å². The van der Waals surface area contributed by atoms with Gasteiger partial charge in [0, 0.05) is 53.9 Å². The van der Waals surface area contributed by atoms with E-state index in [1.807, 2.05) is 53.6 Å². The Morgan fingerprint density at radius 2 is 1.75 bits per heavy atom. The Morgan fingerprint density at radius 3 is 2.62 bits per heavy atom. The van der Waals surface area contributed by atoms with E-state index in [1.165, 1.54) is 0 Å². The van der Waals surface area contributed by atoms with Gasteiger partial charge < -0.3 is 10.2 Å². The number of aromatic nitrogens is 4. The molecule has 1 aliphatic rings. The maximum Gasteiger partial charge on any atom is 0.239 e. The van der Waals surface area contributed by atoms with Crippen LogP contribution in [-0.4, -0.2) is 45.1 Å². The average molecular weight is 420 g/mol. The first-order valence-corrected chi connectivity index (χ1v) is 10.6. The van der Waals surface area contributed by atoms with Crippen molar-refractivity contribution < 1.29 is 4.79 Å². The highest BCUT2D eigenvalue weighted by Crippen LogP contribution is 2.31. The summed E-state index contributed by atoms with van der Waals surface area (Å²) in [6, 6.07) is 18.3. The zero-order valence-electron chi connectivity index (χ0n) is 17.3. The summed E-state index contributed by atoms with van der Waals surface area (Å²) in [5, 5.41) is 8.51. The molecule has 1 amide bonds. The molecular formula is C25H20N6O. The van der Waals surface area contributed by atoms with Crippen LogP contribution < -0.4 is 10.2 Å². The van der Waals surface area contributed by atoms with E-state index in [4.69, 9.17) is 4.98 Å². The molecule has 1 fully saturated rings. The van der Waals surface area contributed by atoms with Crippen molar-refractivity contribution >= 4 is 28.1 Å². The minimum absolute atomic E-state index is 0.0615. The number of rotatable bonds is 3. The van der Waals surface area contributed by atoms with Crippen molar-refractivity contribution in [3.05, 3.63) is 79.4 Å². The second-order valence-electron chi connectivity index (χ2n) is 7.86. The van der Waals surface area contributed by atoms with Gasteiger partial charge in [-0.15, -0.1) is 0 Å². The van der Waals surface area contributed by atoms with E-state index in [9.17, 15) is 4.79 Å². The number of benzene rings is 2. The van der Waals surface area contributed by atoms with Crippen LogP contribution in [0.15, 0.2) is 79.4 Å². The summed E-state index contributed by atoms with van der Waals surface area (Å²) in [6.45, 7) is 1.89. The molecule has 2 aromatic carbocycles. The van der Waals surface area contributed by atoms with Gasteiger partial charge in [-0.25, -0.2) is 9.50 Å². The molecule has 0 bridgehead atoms. The number of nitrogens with zero attached hydrogens (tertiary/aromatic N) is 5. The molecule has 0 saturated carbocycles. The standard InChI is InChI=1S/C25H20N6O/c32-24-16-30(12-11-27-24)19-7-5-17(6-8-19)18-13-28-25-22(14-29-31(25)15-18)20-9-10-26-23-4-2-1-3-21(20)23/h1-10,13-15H,11-12,16H2,(H,27,32). The molecule has 32 heavy (non-hydrogen) atoms. The van der Waals surface area contributed by atoms with Gasteiger partial charge in [0.25, 0.3) is 0 Å². The lowest BCUT2D eigenvalue weighted by Gasteiger charge is -2.28. The molecule has 1 aliphatic heterocycles. The number of piperazine rings is 1. The third kappa shape index (κ3) is 3.15. The SMILES string of the molecule is O=C1CN(c2ccc(-c3cnc4c(-c5ccnc6ccccc56)cnn4c3)cc2)CCN1. The zero-order chi connectivity index (χ0) is 21.5. The van der Waals surface area contributed by atoms with E-state index in [0.29, 0.717) is 13.1 Å². The molecule has 0 atom stereocenters. The lowest BCUT2D eigenvalue weighted by Crippen LogP contribution is -2.47. The predicted octanol–water partition coefficient (Wildman–Crippen LogP) is 3.55. The molecule has 3 aromatic heterocycles. The fraction of sp³-hybridized carbons (Fsp3) is 0.120. The van der Waals surface area contributed by atoms with Crippen molar-refractivity contribution in [3.63, 3.8) is 0 Å². The summed E-state index contributed by atoms with van der Waals surface area (Å²) >= 11 is 0. The van der Waals surface area contributed by atoms with Crippen LogP contribution in [0.5, 0.6) is 0 Å². The third-order valence-electron chi connectivity index (χ3n) is 5.90. The van der Waals surface area contributed by atoms with Crippen LogP contribution in [0.4, 0.5) is 5.69 Å². The summed E-state index contributed by atoms with van der Waals surface area (Å²) in [5.41, 5.74) is 6.89. The van der Waals surface area contributed by atoms with E-state index in [2.05, 4.69) is 50.6 Å². The first-order chi connectivity index (χ1) is 15.8. The van der Waals surface area contributed by atoms with Crippen molar-refractivity contribution in [1.82, 2.24) is 24.9 Å². The largest absolute Gasteiger partial charge is 0.360 e. The monoisotopic (exact) mass is 420 g/mol. The molecule has 7 heteroatoms. The second-order valence-corrected chi connectivity index (χ2v) is 7.86. The Labute approximate surface area is 184 Å². The molecule has 156 valence electrons. The number of anilines is 1. The molecule has 0 radical (unpaired) electrons. The summed E-state index contributed by atoms with van der Waals surface area (Å²) < 4.78 is 1.82. The van der Waals surface area contributed by atoms with Crippen molar-refractivity contribution in [2.24, 2.45) is 0 Å². The Kier molecular flexibility index (Phi) is 4.31. The number of carbonyl (C=O) groups excluding carboxylic acids is 1. The van der Waals surface area contributed by atoms with E-state index < -0.39 is 0 Å². The zero-order valence-corrected chi connectivity index (χ0v) is 17.3. The van der Waals surface area contributed by atoms with E-state index in [-0.39, 0.29) is 5.91 Å². The van der Waals surface area contributed by atoms with Gasteiger partial charge in [-0.2, -0.15) is 5.10 Å². The number of para-hydroxylation sites is 1. The second kappa shape index (κ2) is 7.46. The number of hydrogen-bond acceptors (Lipinski definition) is 5. The van der Waals surface area contributed by atoms with Crippen LogP contribution >= 0.6 is 0 Å². The average Bonchev–Trinajstić information content (AvgIpc) is 3.27. The smallest absolute Gasteiger partial charge is 0.239 e. The van der Waals surface area contributed by atoms with E-state index >= 15 is 0 Å². The number of amides is 1. The maximum atomic E-state index is 11.7. The van der Waals surface area contributed by atoms with Gasteiger partial charge >= 0.3 is 0 Å². The molecule has 4 heterocycles. The molecule has 7 nitrogen and oxygen atoms in total. The minimum Gasteiger partial charge on any atom is -0.360 e. The van der Waals surface area contributed by atoms with E-state index in [1.54, 1.807) is 0 Å². The summed E-state index contributed by atoms with van der Waals surface area (Å²) in [6.07, 6.45) is 7.56. The van der Waals surface area contributed by atoms with Crippen LogP contribution in [0.1, 0.15) is 0 Å². The molecule has 1 saturated heterocycles. The highest BCUT2D eigenvalue weighted by molar-refractivity contribution is 5.97. The Bertz CT molecular complexity index is 1450. The molecule has 6 rings (SSSR count). The first kappa shape index (κ1) is 18.5. The van der Waals surface area contributed by atoms with Gasteiger partial charge in [0.1, 0.15) is 0 Å². The first-order valence-electron chi connectivity index (χ1n) is 10.6. The normalized spacial score (nSPS) is 14.1. The van der Waals surface area contributed by atoms with Crippen LogP contribution in [0.2, 0.25) is 0 Å². The van der Waals surface area contributed by atoms with Gasteiger partial charge in [-0.1, -0.05) is 30.3 Å². The Hall–Kier alpha value is -4.26. The van der Waals surface area contributed by atoms with Crippen LogP contribution in [-0.2, 0) is 4.79 Å². The number of hydrogen-bond donors (Lipinski definition) is 1. The molecule has 0 spiro atoms. The fourth-order valence-corrected chi connectivity index (χ4v) is 4.27. The Morgan fingerprint density at radius 1 is 0.875 bits per heavy atom. The van der Waals surface area contributed by atoms with Crippen molar-refractivity contribution in [3.8, 4) is 22.3 Å². The number of carbonyl (C=O) groups is 1. The lowest BCUT2D eigenvalue weighted by atomic mass is 10.0. The highest BCUT2D eigenvalue weighted by Gasteiger charge is 2.17. The highest BCUT2D eigenvalue weighted by atomic mass is 16.2.